The van der Waals surface area contributed by atoms with E-state index < -0.39 is 26.6 Å². The first-order valence-electron chi connectivity index (χ1n) is 5.42. The Morgan fingerprint density at radius 3 is 2.50 bits per heavy atom. The van der Waals surface area contributed by atoms with Gasteiger partial charge in [0, 0.05) is 6.20 Å². The van der Waals surface area contributed by atoms with Crippen LogP contribution in [0.3, 0.4) is 0 Å². The molecule has 2 aromatic rings. The lowest BCUT2D eigenvalue weighted by atomic mass is 10.2. The summed E-state index contributed by atoms with van der Waals surface area (Å²) in [5, 5.41) is 2.20. The zero-order valence-corrected chi connectivity index (χ0v) is 10.8. The summed E-state index contributed by atoms with van der Waals surface area (Å²) in [5.74, 6) is -0.831. The number of carbonyl (C=O) groups excluding carboxylic acids is 1. The summed E-state index contributed by atoms with van der Waals surface area (Å²) in [6.45, 7) is 0. The number of anilines is 1. The number of H-pyrrole nitrogens is 1. The molecule has 0 spiro atoms. The van der Waals surface area contributed by atoms with E-state index >= 15 is 0 Å². The molecule has 6 nitrogen and oxygen atoms in total. The third-order valence-electron chi connectivity index (χ3n) is 2.46. The van der Waals surface area contributed by atoms with Gasteiger partial charge in [0.15, 0.2) is 0 Å². The molecule has 0 bridgehead atoms. The van der Waals surface area contributed by atoms with Gasteiger partial charge < -0.3 is 10.3 Å². The van der Waals surface area contributed by atoms with Crippen molar-refractivity contribution >= 4 is 21.8 Å². The third kappa shape index (κ3) is 2.91. The summed E-state index contributed by atoms with van der Waals surface area (Å²) in [6.07, 6.45) is 1.35. The Bertz CT molecular complexity index is 814. The Morgan fingerprint density at radius 2 is 1.85 bits per heavy atom. The summed E-state index contributed by atoms with van der Waals surface area (Å²) in [4.78, 5) is 24.9. The molecule has 0 saturated heterocycles. The molecular weight excluding hydrogens is 287 g/mol. The number of para-hydroxylation sites is 1. The van der Waals surface area contributed by atoms with Crippen LogP contribution in [0.4, 0.5) is 9.57 Å². The molecule has 0 atom stereocenters. The number of nitrogens with one attached hydrogen (secondary N) is 2. The van der Waals surface area contributed by atoms with Gasteiger partial charge in [-0.2, -0.15) is 8.42 Å². The normalized spacial score (nSPS) is 11.1. The van der Waals surface area contributed by atoms with Crippen molar-refractivity contribution < 1.29 is 17.1 Å². The van der Waals surface area contributed by atoms with Crippen LogP contribution in [0.25, 0.3) is 0 Å². The molecule has 0 fully saturated rings. The van der Waals surface area contributed by atoms with E-state index in [1.165, 1.54) is 36.5 Å². The SMILES string of the molecule is O=C(Nc1ccccc1S(=O)(=O)F)c1ccc[nH]c1=O. The second-order valence-corrected chi connectivity index (χ2v) is 5.12. The standard InChI is InChI=1S/C12H9FN2O4S/c13-20(18,19)10-6-2-1-5-9(10)15-12(17)8-4-3-7-14-11(8)16/h1-7H,(H,14,16)(H,15,17). The first-order valence-corrected chi connectivity index (χ1v) is 6.80. The van der Waals surface area contributed by atoms with Gasteiger partial charge in [-0.1, -0.05) is 12.1 Å². The quantitative estimate of drug-likeness (QED) is 0.834. The van der Waals surface area contributed by atoms with Crippen LogP contribution in [0.1, 0.15) is 10.4 Å². The van der Waals surface area contributed by atoms with Crippen LogP contribution in [0.15, 0.2) is 52.3 Å². The maximum Gasteiger partial charge on any atom is 0.334 e. The molecule has 0 saturated carbocycles. The average Bonchev–Trinajstić information content (AvgIpc) is 2.38. The average molecular weight is 296 g/mol. The maximum absolute atomic E-state index is 13.1. The number of aromatic nitrogens is 1. The van der Waals surface area contributed by atoms with Gasteiger partial charge in [-0.25, -0.2) is 0 Å². The number of hydrogen-bond donors (Lipinski definition) is 2. The van der Waals surface area contributed by atoms with Crippen molar-refractivity contribution in [2.45, 2.75) is 4.90 Å². The van der Waals surface area contributed by atoms with Crippen molar-refractivity contribution in [3.8, 4) is 0 Å². The van der Waals surface area contributed by atoms with Gasteiger partial charge in [0.1, 0.15) is 10.5 Å². The van der Waals surface area contributed by atoms with Crippen LogP contribution in [0.5, 0.6) is 0 Å². The Balaban J connectivity index is 2.39. The van der Waals surface area contributed by atoms with E-state index in [-0.39, 0.29) is 11.3 Å². The number of amides is 1. The van der Waals surface area contributed by atoms with Crippen LogP contribution in [0.2, 0.25) is 0 Å². The predicted molar refractivity (Wildman–Crippen MR) is 69.8 cm³/mol. The molecule has 104 valence electrons. The van der Waals surface area contributed by atoms with Crippen molar-refractivity contribution in [2.75, 3.05) is 5.32 Å². The molecule has 1 heterocycles. The molecule has 1 aromatic carbocycles. The van der Waals surface area contributed by atoms with Gasteiger partial charge in [0.2, 0.25) is 0 Å². The zero-order valence-electron chi connectivity index (χ0n) is 9.96. The highest BCUT2D eigenvalue weighted by Crippen LogP contribution is 2.22. The second kappa shape index (κ2) is 5.25. The summed E-state index contributed by atoms with van der Waals surface area (Å²) >= 11 is 0. The lowest BCUT2D eigenvalue weighted by molar-refractivity contribution is 0.102. The van der Waals surface area contributed by atoms with Gasteiger partial charge in [-0.3, -0.25) is 9.59 Å². The van der Waals surface area contributed by atoms with Gasteiger partial charge in [0.05, 0.1) is 5.69 Å². The minimum Gasteiger partial charge on any atom is -0.328 e. The summed E-state index contributed by atoms with van der Waals surface area (Å²) in [7, 11) is -4.97. The largest absolute Gasteiger partial charge is 0.334 e. The summed E-state index contributed by atoms with van der Waals surface area (Å²) in [5.41, 5.74) is -1.08. The number of aromatic amines is 1. The minimum absolute atomic E-state index is 0.210. The molecular formula is C12H9FN2O4S. The lowest BCUT2D eigenvalue weighted by Gasteiger charge is -2.07. The van der Waals surface area contributed by atoms with Crippen molar-refractivity contribution in [3.63, 3.8) is 0 Å². The van der Waals surface area contributed by atoms with Crippen molar-refractivity contribution in [1.29, 1.82) is 0 Å². The Labute approximate surface area is 113 Å². The number of hydrogen-bond acceptors (Lipinski definition) is 4. The molecule has 0 aliphatic carbocycles. The molecule has 1 amide bonds. The van der Waals surface area contributed by atoms with Crippen LogP contribution in [-0.4, -0.2) is 19.3 Å². The third-order valence-corrected chi connectivity index (χ3v) is 3.34. The highest BCUT2D eigenvalue weighted by molar-refractivity contribution is 7.86. The van der Waals surface area contributed by atoms with Gasteiger partial charge in [-0.15, -0.1) is 3.89 Å². The van der Waals surface area contributed by atoms with Gasteiger partial charge in [-0.05, 0) is 24.3 Å². The smallest absolute Gasteiger partial charge is 0.328 e. The fourth-order valence-electron chi connectivity index (χ4n) is 1.57. The number of rotatable bonds is 3. The first-order chi connectivity index (χ1) is 9.39. The minimum atomic E-state index is -4.97. The van der Waals surface area contributed by atoms with E-state index in [2.05, 4.69) is 10.3 Å². The Morgan fingerprint density at radius 1 is 1.15 bits per heavy atom. The van der Waals surface area contributed by atoms with E-state index in [0.717, 1.165) is 6.07 Å². The van der Waals surface area contributed by atoms with Gasteiger partial charge in [0.25, 0.3) is 11.5 Å². The molecule has 0 radical (unpaired) electrons. The topological polar surface area (TPSA) is 96.1 Å². The number of carbonyl (C=O) groups is 1. The molecule has 20 heavy (non-hydrogen) atoms. The molecule has 0 aliphatic heterocycles. The fraction of sp³-hybridized carbons (Fsp3) is 0. The summed E-state index contributed by atoms with van der Waals surface area (Å²) < 4.78 is 35.0. The van der Waals surface area contributed by atoms with Crippen molar-refractivity contribution in [1.82, 2.24) is 4.98 Å². The molecule has 0 aliphatic rings. The van der Waals surface area contributed by atoms with Crippen LogP contribution >= 0.6 is 0 Å². The number of benzene rings is 1. The maximum atomic E-state index is 13.1. The predicted octanol–water partition coefficient (Wildman–Crippen LogP) is 1.29. The highest BCUT2D eigenvalue weighted by atomic mass is 32.3. The number of pyridine rings is 1. The highest BCUT2D eigenvalue weighted by Gasteiger charge is 2.19. The lowest BCUT2D eigenvalue weighted by Crippen LogP contribution is -2.23. The summed E-state index contributed by atoms with van der Waals surface area (Å²) in [6, 6.07) is 7.69. The van der Waals surface area contributed by atoms with Crippen LogP contribution in [-0.2, 0) is 10.2 Å². The van der Waals surface area contributed by atoms with E-state index in [0.29, 0.717) is 0 Å². The molecule has 8 heteroatoms. The first kappa shape index (κ1) is 13.9. The Hall–Kier alpha value is -2.48. The second-order valence-electron chi connectivity index (χ2n) is 3.80. The van der Waals surface area contributed by atoms with Crippen molar-refractivity contribution in [3.05, 3.63) is 58.5 Å². The fourth-order valence-corrected chi connectivity index (χ4v) is 2.20. The van der Waals surface area contributed by atoms with E-state index in [4.69, 9.17) is 0 Å². The molecule has 1 aromatic heterocycles. The Kier molecular flexibility index (Phi) is 3.66. The molecule has 2 N–H and O–H groups in total. The molecule has 0 unspecified atom stereocenters. The van der Waals surface area contributed by atoms with Crippen LogP contribution in [0, 0.1) is 0 Å². The van der Waals surface area contributed by atoms with E-state index in [9.17, 15) is 21.9 Å². The monoisotopic (exact) mass is 296 g/mol. The van der Waals surface area contributed by atoms with Crippen molar-refractivity contribution in [2.24, 2.45) is 0 Å². The number of halogens is 1. The molecule has 2 rings (SSSR count). The van der Waals surface area contributed by atoms with E-state index in [1.807, 2.05) is 0 Å². The van der Waals surface area contributed by atoms with E-state index in [1.54, 1.807) is 0 Å². The van der Waals surface area contributed by atoms with Gasteiger partial charge >= 0.3 is 10.2 Å². The zero-order chi connectivity index (χ0) is 14.8. The van der Waals surface area contributed by atoms with Crippen LogP contribution < -0.4 is 10.9 Å².